The summed E-state index contributed by atoms with van der Waals surface area (Å²) in [4.78, 5) is 17.6. The second kappa shape index (κ2) is 5.68. The van der Waals surface area contributed by atoms with E-state index in [1.807, 2.05) is 19.1 Å². The van der Waals surface area contributed by atoms with Gasteiger partial charge in [0.25, 0.3) is 5.69 Å². The molecule has 1 aromatic heterocycles. The topological polar surface area (TPSA) is 77.7 Å². The summed E-state index contributed by atoms with van der Waals surface area (Å²) in [5.41, 5.74) is 1.98. The predicted molar refractivity (Wildman–Crippen MR) is 89.5 cm³/mol. The van der Waals surface area contributed by atoms with Crippen molar-refractivity contribution in [3.8, 4) is 0 Å². The van der Waals surface area contributed by atoms with E-state index in [0.717, 1.165) is 42.9 Å². The highest BCUT2D eigenvalue weighted by atomic mass is 16.6. The van der Waals surface area contributed by atoms with Crippen LogP contribution in [0, 0.1) is 17.0 Å². The fraction of sp³-hybridized carbons (Fsp3) is 0.471. The number of pyridine rings is 1. The normalized spacial score (nSPS) is 24.0. The van der Waals surface area contributed by atoms with E-state index in [4.69, 9.17) is 9.47 Å². The van der Waals surface area contributed by atoms with Gasteiger partial charge >= 0.3 is 0 Å². The van der Waals surface area contributed by atoms with E-state index >= 15 is 0 Å². The van der Waals surface area contributed by atoms with Crippen LogP contribution in [0.4, 0.5) is 11.4 Å². The Bertz CT molecular complexity index is 802. The molecule has 2 aliphatic rings. The number of nitrogens with zero attached hydrogens (tertiary/aromatic N) is 3. The number of ether oxygens (including phenoxy) is 2. The quantitative estimate of drug-likeness (QED) is 0.622. The zero-order valence-electron chi connectivity index (χ0n) is 13.5. The number of non-ortho nitro benzene ring substituents is 1. The van der Waals surface area contributed by atoms with Crippen molar-refractivity contribution in [3.63, 3.8) is 0 Å². The Balaban J connectivity index is 1.81. The molecule has 1 spiro atoms. The van der Waals surface area contributed by atoms with Gasteiger partial charge in [-0.15, -0.1) is 0 Å². The van der Waals surface area contributed by atoms with Crippen LogP contribution in [0.1, 0.15) is 12.1 Å². The number of aromatic nitrogens is 1. The largest absolute Gasteiger partial charge is 0.378 e. The standard InChI is InChI=1S/C17H19N3O4/c1-12-9-15(13-3-2-4-14(20(21)22)16(13)18-12)19-6-8-24-17(10-19)5-7-23-11-17/h2-4,9H,5-8,10-11H2,1H3. The van der Waals surface area contributed by atoms with Crippen LogP contribution in [0.5, 0.6) is 0 Å². The lowest BCUT2D eigenvalue weighted by Crippen LogP contribution is -2.52. The molecule has 4 rings (SSSR count). The molecular weight excluding hydrogens is 310 g/mol. The van der Waals surface area contributed by atoms with Gasteiger partial charge in [0.2, 0.25) is 0 Å². The summed E-state index contributed by atoms with van der Waals surface area (Å²) < 4.78 is 11.5. The van der Waals surface area contributed by atoms with Crippen LogP contribution in [-0.4, -0.2) is 48.4 Å². The highest BCUT2D eigenvalue weighted by Crippen LogP contribution is 2.36. The van der Waals surface area contributed by atoms with E-state index in [1.54, 1.807) is 6.07 Å². The summed E-state index contributed by atoms with van der Waals surface area (Å²) in [5, 5.41) is 12.1. The number of morpholine rings is 1. The minimum Gasteiger partial charge on any atom is -0.378 e. The lowest BCUT2D eigenvalue weighted by atomic mass is 9.99. The molecule has 2 saturated heterocycles. The Morgan fingerprint density at radius 1 is 1.38 bits per heavy atom. The Morgan fingerprint density at radius 2 is 2.25 bits per heavy atom. The van der Waals surface area contributed by atoms with Crippen molar-refractivity contribution < 1.29 is 14.4 Å². The molecule has 0 bridgehead atoms. The van der Waals surface area contributed by atoms with Crippen molar-refractivity contribution >= 4 is 22.3 Å². The van der Waals surface area contributed by atoms with Crippen molar-refractivity contribution in [1.29, 1.82) is 0 Å². The first kappa shape index (κ1) is 15.3. The number of benzene rings is 1. The fourth-order valence-corrected chi connectivity index (χ4v) is 3.63. The van der Waals surface area contributed by atoms with Gasteiger partial charge < -0.3 is 14.4 Å². The van der Waals surface area contributed by atoms with Crippen LogP contribution in [0.2, 0.25) is 0 Å². The van der Waals surface area contributed by atoms with E-state index in [2.05, 4.69) is 9.88 Å². The molecule has 2 aliphatic heterocycles. The minimum absolute atomic E-state index is 0.0459. The van der Waals surface area contributed by atoms with Gasteiger partial charge in [0.05, 0.1) is 18.1 Å². The summed E-state index contributed by atoms with van der Waals surface area (Å²) in [6, 6.07) is 7.12. The molecule has 1 atom stereocenters. The number of anilines is 1. The molecule has 7 heteroatoms. The second-order valence-electron chi connectivity index (χ2n) is 6.47. The van der Waals surface area contributed by atoms with E-state index in [9.17, 15) is 10.1 Å². The third-order valence-corrected chi connectivity index (χ3v) is 4.78. The van der Waals surface area contributed by atoms with E-state index < -0.39 is 0 Å². The zero-order chi connectivity index (χ0) is 16.7. The van der Waals surface area contributed by atoms with Crippen molar-refractivity contribution in [2.45, 2.75) is 18.9 Å². The number of aryl methyl sites for hydroxylation is 1. The van der Waals surface area contributed by atoms with Crippen LogP contribution < -0.4 is 4.90 Å². The molecule has 0 N–H and O–H groups in total. The predicted octanol–water partition coefficient (Wildman–Crippen LogP) is 2.45. The molecule has 0 saturated carbocycles. The number of hydrogen-bond donors (Lipinski definition) is 0. The third-order valence-electron chi connectivity index (χ3n) is 4.78. The third kappa shape index (κ3) is 2.50. The number of nitro groups is 1. The number of fused-ring (bicyclic) bond motifs is 1. The Kier molecular flexibility index (Phi) is 3.62. The van der Waals surface area contributed by atoms with Crippen molar-refractivity contribution in [2.75, 3.05) is 37.8 Å². The van der Waals surface area contributed by atoms with Gasteiger partial charge in [-0.25, -0.2) is 4.98 Å². The lowest BCUT2D eigenvalue weighted by molar-refractivity contribution is -0.383. The maximum atomic E-state index is 11.3. The van der Waals surface area contributed by atoms with E-state index in [1.165, 1.54) is 6.07 Å². The first-order valence-corrected chi connectivity index (χ1v) is 8.09. The van der Waals surface area contributed by atoms with Crippen LogP contribution in [0.15, 0.2) is 24.3 Å². The van der Waals surface area contributed by atoms with Gasteiger partial charge in [-0.05, 0) is 13.0 Å². The van der Waals surface area contributed by atoms with Gasteiger partial charge in [-0.1, -0.05) is 12.1 Å². The van der Waals surface area contributed by atoms with Crippen molar-refractivity contribution in [3.05, 3.63) is 40.1 Å². The summed E-state index contributed by atoms with van der Waals surface area (Å²) in [5.74, 6) is 0. The molecule has 0 amide bonds. The molecule has 3 heterocycles. The van der Waals surface area contributed by atoms with E-state index in [-0.39, 0.29) is 16.2 Å². The Morgan fingerprint density at radius 3 is 3.00 bits per heavy atom. The molecule has 0 aliphatic carbocycles. The summed E-state index contributed by atoms with van der Waals surface area (Å²) in [7, 11) is 0. The van der Waals surface area contributed by atoms with Crippen LogP contribution in [-0.2, 0) is 9.47 Å². The molecule has 1 aromatic carbocycles. The summed E-state index contributed by atoms with van der Waals surface area (Å²) in [6.45, 7) is 5.30. The van der Waals surface area contributed by atoms with Crippen LogP contribution in [0.25, 0.3) is 10.9 Å². The monoisotopic (exact) mass is 329 g/mol. The van der Waals surface area contributed by atoms with Gasteiger partial charge in [0.1, 0.15) is 5.60 Å². The number of rotatable bonds is 2. The van der Waals surface area contributed by atoms with Gasteiger partial charge in [0.15, 0.2) is 5.52 Å². The molecule has 2 fully saturated rings. The van der Waals surface area contributed by atoms with Gasteiger partial charge in [-0.2, -0.15) is 0 Å². The summed E-state index contributed by atoms with van der Waals surface area (Å²) >= 11 is 0. The molecular formula is C17H19N3O4. The first-order valence-electron chi connectivity index (χ1n) is 8.09. The average molecular weight is 329 g/mol. The number of para-hydroxylation sites is 1. The smallest absolute Gasteiger partial charge is 0.295 e. The Hall–Kier alpha value is -2.25. The van der Waals surface area contributed by atoms with Crippen molar-refractivity contribution in [1.82, 2.24) is 4.98 Å². The molecule has 0 radical (unpaired) electrons. The zero-order valence-corrected chi connectivity index (χ0v) is 13.5. The average Bonchev–Trinajstić information content (AvgIpc) is 3.01. The molecule has 126 valence electrons. The highest BCUT2D eigenvalue weighted by molar-refractivity contribution is 5.97. The molecule has 24 heavy (non-hydrogen) atoms. The van der Waals surface area contributed by atoms with Crippen LogP contribution in [0.3, 0.4) is 0 Å². The maximum absolute atomic E-state index is 11.3. The SMILES string of the molecule is Cc1cc(N2CCOC3(CCOC3)C2)c2cccc([N+](=O)[O-])c2n1. The molecule has 2 aromatic rings. The highest BCUT2D eigenvalue weighted by Gasteiger charge is 2.40. The fourth-order valence-electron chi connectivity index (χ4n) is 3.63. The maximum Gasteiger partial charge on any atom is 0.295 e. The van der Waals surface area contributed by atoms with Crippen LogP contribution >= 0.6 is 0 Å². The van der Waals surface area contributed by atoms with Gasteiger partial charge in [-0.3, -0.25) is 10.1 Å². The van der Waals surface area contributed by atoms with Gasteiger partial charge in [0, 0.05) is 49.0 Å². The lowest BCUT2D eigenvalue weighted by Gasteiger charge is -2.41. The number of hydrogen-bond acceptors (Lipinski definition) is 6. The summed E-state index contributed by atoms with van der Waals surface area (Å²) in [6.07, 6.45) is 0.881. The van der Waals surface area contributed by atoms with Crippen molar-refractivity contribution in [2.24, 2.45) is 0 Å². The second-order valence-corrected chi connectivity index (χ2v) is 6.47. The molecule has 7 nitrogen and oxygen atoms in total. The molecule has 1 unspecified atom stereocenters. The first-order chi connectivity index (χ1) is 11.6. The Labute approximate surface area is 139 Å². The minimum atomic E-state index is -0.371. The van der Waals surface area contributed by atoms with E-state index in [0.29, 0.717) is 18.7 Å². The number of nitro benzene ring substituents is 1.